The lowest BCUT2D eigenvalue weighted by molar-refractivity contribution is 0.0368. The van der Waals surface area contributed by atoms with Crippen molar-refractivity contribution in [1.82, 2.24) is 19.8 Å². The molecule has 3 fully saturated rings. The summed E-state index contributed by atoms with van der Waals surface area (Å²) in [5, 5.41) is 6.86. The summed E-state index contributed by atoms with van der Waals surface area (Å²) in [5.41, 5.74) is 0.259. The van der Waals surface area contributed by atoms with E-state index >= 15 is 0 Å². The predicted octanol–water partition coefficient (Wildman–Crippen LogP) is 1.38. The van der Waals surface area contributed by atoms with Gasteiger partial charge >= 0.3 is 0 Å². The molecule has 1 aliphatic carbocycles. The minimum absolute atomic E-state index is 0.259. The van der Waals surface area contributed by atoms with Gasteiger partial charge < -0.3 is 10.6 Å². The highest BCUT2D eigenvalue weighted by Gasteiger charge is 2.38. The molecule has 0 aromatic rings. The standard InChI is InChI=1S/C19H37N5O2S/c1-20-18(21-11-15-24-14-8-16-27(24,25)26)22-17-19(9-4-2-5-10-19)23-12-6-3-7-13-23/h2-17H2,1H3,(H2,20,21,22). The zero-order valence-electron chi connectivity index (χ0n) is 16.9. The molecule has 0 atom stereocenters. The molecule has 27 heavy (non-hydrogen) atoms. The second-order valence-corrected chi connectivity index (χ2v) is 10.3. The zero-order chi connectivity index (χ0) is 19.2. The van der Waals surface area contributed by atoms with Gasteiger partial charge in [-0.05, 0) is 45.2 Å². The maximum Gasteiger partial charge on any atom is 0.214 e. The van der Waals surface area contributed by atoms with E-state index in [-0.39, 0.29) is 5.54 Å². The molecule has 3 rings (SSSR count). The highest BCUT2D eigenvalue weighted by Crippen LogP contribution is 2.35. The van der Waals surface area contributed by atoms with Gasteiger partial charge in [-0.1, -0.05) is 25.7 Å². The third-order valence-corrected chi connectivity index (χ3v) is 8.43. The molecule has 2 saturated heterocycles. The van der Waals surface area contributed by atoms with E-state index in [4.69, 9.17) is 0 Å². The van der Waals surface area contributed by atoms with Gasteiger partial charge in [0.05, 0.1) is 5.75 Å². The van der Waals surface area contributed by atoms with Crippen LogP contribution < -0.4 is 10.6 Å². The number of sulfonamides is 1. The van der Waals surface area contributed by atoms with Crippen LogP contribution in [0.5, 0.6) is 0 Å². The van der Waals surface area contributed by atoms with Crippen LogP contribution in [-0.2, 0) is 10.0 Å². The van der Waals surface area contributed by atoms with Crippen LogP contribution in [0.4, 0.5) is 0 Å². The fourth-order valence-electron chi connectivity index (χ4n) is 4.89. The number of nitrogens with zero attached hydrogens (tertiary/aromatic N) is 3. The fraction of sp³-hybridized carbons (Fsp3) is 0.947. The first-order chi connectivity index (χ1) is 13.1. The average molecular weight is 400 g/mol. The van der Waals surface area contributed by atoms with Crippen LogP contribution in [0, 0.1) is 0 Å². The third-order valence-electron chi connectivity index (χ3n) is 6.48. The zero-order valence-corrected chi connectivity index (χ0v) is 17.7. The van der Waals surface area contributed by atoms with Gasteiger partial charge in [-0.3, -0.25) is 9.89 Å². The molecule has 0 radical (unpaired) electrons. The second-order valence-electron chi connectivity index (χ2n) is 8.25. The largest absolute Gasteiger partial charge is 0.355 e. The number of likely N-dealkylation sites (tertiary alicyclic amines) is 1. The lowest BCUT2D eigenvalue weighted by Gasteiger charge is -2.48. The molecule has 2 aliphatic heterocycles. The summed E-state index contributed by atoms with van der Waals surface area (Å²) in [6.07, 6.45) is 11.3. The maximum atomic E-state index is 11.9. The molecule has 8 heteroatoms. The smallest absolute Gasteiger partial charge is 0.214 e. The van der Waals surface area contributed by atoms with Crippen molar-refractivity contribution in [3.63, 3.8) is 0 Å². The predicted molar refractivity (Wildman–Crippen MR) is 111 cm³/mol. The summed E-state index contributed by atoms with van der Waals surface area (Å²) >= 11 is 0. The van der Waals surface area contributed by atoms with Crippen LogP contribution in [0.3, 0.4) is 0 Å². The van der Waals surface area contributed by atoms with E-state index in [9.17, 15) is 8.42 Å². The molecular formula is C19H37N5O2S. The Bertz CT molecular complexity index is 595. The molecule has 2 heterocycles. The van der Waals surface area contributed by atoms with Gasteiger partial charge in [0.1, 0.15) is 0 Å². The molecule has 1 saturated carbocycles. The Morgan fingerprint density at radius 1 is 0.963 bits per heavy atom. The van der Waals surface area contributed by atoms with Gasteiger partial charge in [0.2, 0.25) is 10.0 Å². The number of piperidine rings is 1. The monoisotopic (exact) mass is 399 g/mol. The number of aliphatic imine (C=N–C) groups is 1. The Labute approximate surface area is 165 Å². The van der Waals surface area contributed by atoms with E-state index in [1.54, 1.807) is 11.4 Å². The topological polar surface area (TPSA) is 77.0 Å². The molecule has 0 aromatic carbocycles. The molecule has 3 aliphatic rings. The minimum Gasteiger partial charge on any atom is -0.355 e. The van der Waals surface area contributed by atoms with E-state index in [0.717, 1.165) is 18.9 Å². The van der Waals surface area contributed by atoms with Crippen LogP contribution >= 0.6 is 0 Å². The van der Waals surface area contributed by atoms with Crippen LogP contribution in [0.2, 0.25) is 0 Å². The summed E-state index contributed by atoms with van der Waals surface area (Å²) in [6.45, 7) is 5.12. The molecule has 0 unspecified atom stereocenters. The fourth-order valence-corrected chi connectivity index (χ4v) is 6.42. The van der Waals surface area contributed by atoms with Crippen LogP contribution in [0.1, 0.15) is 57.8 Å². The molecule has 7 nitrogen and oxygen atoms in total. The van der Waals surface area contributed by atoms with Gasteiger partial charge in [0.15, 0.2) is 5.96 Å². The normalized spacial score (nSPS) is 26.8. The molecule has 0 aromatic heterocycles. The maximum absolute atomic E-state index is 11.9. The number of nitrogens with one attached hydrogen (secondary N) is 2. The van der Waals surface area contributed by atoms with Gasteiger partial charge in [-0.25, -0.2) is 12.7 Å². The minimum atomic E-state index is -3.02. The van der Waals surface area contributed by atoms with Gasteiger partial charge in [-0.2, -0.15) is 0 Å². The number of hydrogen-bond donors (Lipinski definition) is 2. The average Bonchev–Trinajstić information content (AvgIpc) is 3.04. The van der Waals surface area contributed by atoms with Crippen molar-refractivity contribution in [2.75, 3.05) is 52.1 Å². The molecule has 156 valence electrons. The third kappa shape index (κ3) is 5.35. The highest BCUT2D eigenvalue weighted by atomic mass is 32.2. The Balaban J connectivity index is 1.50. The summed E-state index contributed by atoms with van der Waals surface area (Å²) in [7, 11) is -1.23. The first-order valence-corrected chi connectivity index (χ1v) is 12.3. The molecular weight excluding hydrogens is 362 g/mol. The lowest BCUT2D eigenvalue weighted by atomic mass is 9.79. The van der Waals surface area contributed by atoms with Gasteiger partial charge in [0.25, 0.3) is 0 Å². The van der Waals surface area contributed by atoms with Crippen molar-refractivity contribution in [3.05, 3.63) is 0 Å². The summed E-state index contributed by atoms with van der Waals surface area (Å²) in [4.78, 5) is 7.09. The summed E-state index contributed by atoms with van der Waals surface area (Å²) < 4.78 is 25.4. The first-order valence-electron chi connectivity index (χ1n) is 10.7. The van der Waals surface area contributed by atoms with Gasteiger partial charge in [0, 0.05) is 38.8 Å². The quantitative estimate of drug-likeness (QED) is 0.521. The Hall–Kier alpha value is -0.860. The van der Waals surface area contributed by atoms with Crippen molar-refractivity contribution in [3.8, 4) is 0 Å². The number of rotatable bonds is 6. The van der Waals surface area contributed by atoms with Crippen molar-refractivity contribution in [1.29, 1.82) is 0 Å². The van der Waals surface area contributed by atoms with E-state index in [1.807, 2.05) is 0 Å². The summed E-state index contributed by atoms with van der Waals surface area (Å²) in [5.74, 6) is 1.08. The Kier molecular flexibility index (Phi) is 7.39. The van der Waals surface area contributed by atoms with E-state index in [0.29, 0.717) is 25.4 Å². The SMILES string of the molecule is CN=C(NCCN1CCCS1(=O)=O)NCC1(N2CCCCC2)CCCCC1. The van der Waals surface area contributed by atoms with Crippen molar-refractivity contribution in [2.45, 2.75) is 63.3 Å². The van der Waals surface area contributed by atoms with Crippen molar-refractivity contribution < 1.29 is 8.42 Å². The Morgan fingerprint density at radius 2 is 1.67 bits per heavy atom. The first kappa shape index (κ1) is 20.9. The second kappa shape index (κ2) is 9.56. The summed E-state index contributed by atoms with van der Waals surface area (Å²) in [6, 6.07) is 0. The van der Waals surface area contributed by atoms with E-state index in [1.165, 1.54) is 64.5 Å². The molecule has 2 N–H and O–H groups in total. The Morgan fingerprint density at radius 3 is 2.30 bits per heavy atom. The van der Waals surface area contributed by atoms with Crippen molar-refractivity contribution >= 4 is 16.0 Å². The number of guanidine groups is 1. The lowest BCUT2D eigenvalue weighted by Crippen LogP contribution is -2.59. The van der Waals surface area contributed by atoms with Crippen LogP contribution in [0.25, 0.3) is 0 Å². The van der Waals surface area contributed by atoms with Crippen molar-refractivity contribution in [2.24, 2.45) is 4.99 Å². The van der Waals surface area contributed by atoms with E-state index in [2.05, 4.69) is 20.5 Å². The molecule has 0 spiro atoms. The highest BCUT2D eigenvalue weighted by molar-refractivity contribution is 7.89. The van der Waals surface area contributed by atoms with Crippen LogP contribution in [-0.4, -0.2) is 81.2 Å². The molecule has 0 bridgehead atoms. The van der Waals surface area contributed by atoms with Gasteiger partial charge in [-0.15, -0.1) is 0 Å². The van der Waals surface area contributed by atoms with E-state index < -0.39 is 10.0 Å². The molecule has 0 amide bonds. The number of hydrogen-bond acceptors (Lipinski definition) is 4. The van der Waals surface area contributed by atoms with Crippen LogP contribution in [0.15, 0.2) is 4.99 Å².